The molecule has 0 aliphatic carbocycles. The number of alkyl halides is 1. The van der Waals surface area contributed by atoms with Crippen molar-refractivity contribution in [3.8, 4) is 0 Å². The summed E-state index contributed by atoms with van der Waals surface area (Å²) in [6.07, 6.45) is 3.36. The number of benzene rings is 1. The molecule has 1 unspecified atom stereocenters. The maximum atomic E-state index is 12.6. The van der Waals surface area contributed by atoms with E-state index in [-0.39, 0.29) is 10.9 Å². The summed E-state index contributed by atoms with van der Waals surface area (Å²) in [4.78, 5) is 17.2. The van der Waals surface area contributed by atoms with Crippen molar-refractivity contribution in [3.05, 3.63) is 52.8 Å². The average molecular weight is 304 g/mol. The lowest BCUT2D eigenvalue weighted by molar-refractivity contribution is 0.495. The number of aryl methyl sites for hydroxylation is 1. The number of para-hydroxylation sites is 1. The van der Waals surface area contributed by atoms with Gasteiger partial charge < -0.3 is 0 Å². The van der Waals surface area contributed by atoms with Crippen molar-refractivity contribution < 1.29 is 0 Å². The van der Waals surface area contributed by atoms with Crippen molar-refractivity contribution >= 4 is 22.5 Å². The Morgan fingerprint density at radius 2 is 2.10 bits per heavy atom. The van der Waals surface area contributed by atoms with Gasteiger partial charge >= 0.3 is 0 Å². The molecule has 2 aromatic heterocycles. The number of hydrogen-bond donors (Lipinski definition) is 0. The molecule has 2 heterocycles. The first kappa shape index (κ1) is 13.8. The van der Waals surface area contributed by atoms with E-state index in [1.165, 1.54) is 0 Å². The van der Waals surface area contributed by atoms with Crippen molar-refractivity contribution in [2.45, 2.75) is 25.4 Å². The van der Waals surface area contributed by atoms with Gasteiger partial charge in [0.25, 0.3) is 5.56 Å². The molecule has 0 fully saturated rings. The third kappa shape index (κ3) is 2.67. The standard InChI is InChI=1S/C14H14ClN5O/c1-10(15)13-17-12-5-3-2-4-11(12)14(21)20(13)9-8-19-7-6-16-18-19/h2-7,10H,8-9H2,1H3. The van der Waals surface area contributed by atoms with Crippen LogP contribution in [-0.2, 0) is 13.1 Å². The lowest BCUT2D eigenvalue weighted by Gasteiger charge is -2.14. The number of fused-ring (bicyclic) bond motifs is 1. The van der Waals surface area contributed by atoms with Crippen LogP contribution in [-0.4, -0.2) is 24.5 Å². The summed E-state index contributed by atoms with van der Waals surface area (Å²) in [6.45, 7) is 2.80. The quantitative estimate of drug-likeness (QED) is 0.691. The first-order chi connectivity index (χ1) is 10.2. The van der Waals surface area contributed by atoms with Crippen LogP contribution in [0.15, 0.2) is 41.5 Å². The predicted octanol–water partition coefficient (Wildman–Crippen LogP) is 1.99. The van der Waals surface area contributed by atoms with Crippen LogP contribution in [0.1, 0.15) is 18.1 Å². The summed E-state index contributed by atoms with van der Waals surface area (Å²) in [5.74, 6) is 0.570. The van der Waals surface area contributed by atoms with Gasteiger partial charge in [-0.3, -0.25) is 14.0 Å². The van der Waals surface area contributed by atoms with Gasteiger partial charge in [-0.05, 0) is 19.1 Å². The monoisotopic (exact) mass is 303 g/mol. The summed E-state index contributed by atoms with van der Waals surface area (Å²) >= 11 is 6.18. The topological polar surface area (TPSA) is 65.6 Å². The summed E-state index contributed by atoms with van der Waals surface area (Å²) in [5, 5.41) is 7.89. The minimum Gasteiger partial charge on any atom is -0.293 e. The van der Waals surface area contributed by atoms with Crippen molar-refractivity contribution in [2.24, 2.45) is 0 Å². The van der Waals surface area contributed by atoms with Gasteiger partial charge in [-0.25, -0.2) is 4.98 Å². The van der Waals surface area contributed by atoms with Crippen LogP contribution in [0.3, 0.4) is 0 Å². The van der Waals surface area contributed by atoms with Gasteiger partial charge in [-0.15, -0.1) is 16.7 Å². The lowest BCUT2D eigenvalue weighted by atomic mass is 10.2. The number of aromatic nitrogens is 5. The Hall–Kier alpha value is -2.21. The Morgan fingerprint density at radius 1 is 1.29 bits per heavy atom. The summed E-state index contributed by atoms with van der Waals surface area (Å²) in [7, 11) is 0. The van der Waals surface area contributed by atoms with E-state index in [9.17, 15) is 4.79 Å². The minimum atomic E-state index is -0.349. The highest BCUT2D eigenvalue weighted by Crippen LogP contribution is 2.18. The third-order valence-corrected chi connectivity index (χ3v) is 3.47. The molecule has 0 bridgehead atoms. The summed E-state index contributed by atoms with van der Waals surface area (Å²) in [6, 6.07) is 7.29. The van der Waals surface area contributed by atoms with Gasteiger partial charge in [-0.1, -0.05) is 17.3 Å². The molecule has 1 atom stereocenters. The fourth-order valence-corrected chi connectivity index (χ4v) is 2.43. The molecule has 7 heteroatoms. The summed E-state index contributed by atoms with van der Waals surface area (Å²) in [5.41, 5.74) is 0.588. The highest BCUT2D eigenvalue weighted by Gasteiger charge is 2.14. The fraction of sp³-hybridized carbons (Fsp3) is 0.286. The van der Waals surface area contributed by atoms with E-state index in [4.69, 9.17) is 11.6 Å². The molecule has 108 valence electrons. The molecule has 0 N–H and O–H groups in total. The molecule has 3 aromatic rings. The highest BCUT2D eigenvalue weighted by molar-refractivity contribution is 6.20. The van der Waals surface area contributed by atoms with Crippen LogP contribution in [0, 0.1) is 0 Å². The molecule has 0 saturated carbocycles. The van der Waals surface area contributed by atoms with Crippen LogP contribution >= 0.6 is 11.6 Å². The largest absolute Gasteiger partial charge is 0.293 e. The molecule has 1 aromatic carbocycles. The van der Waals surface area contributed by atoms with E-state index >= 15 is 0 Å². The molecule has 3 rings (SSSR count). The predicted molar refractivity (Wildman–Crippen MR) is 80.3 cm³/mol. The second kappa shape index (κ2) is 5.65. The molecular weight excluding hydrogens is 290 g/mol. The number of hydrogen-bond acceptors (Lipinski definition) is 4. The highest BCUT2D eigenvalue weighted by atomic mass is 35.5. The van der Waals surface area contributed by atoms with Crippen LogP contribution in [0.4, 0.5) is 0 Å². The van der Waals surface area contributed by atoms with E-state index in [1.54, 1.807) is 27.7 Å². The normalized spacial score (nSPS) is 12.7. The first-order valence-electron chi connectivity index (χ1n) is 6.64. The Kier molecular flexibility index (Phi) is 3.70. The van der Waals surface area contributed by atoms with Crippen molar-refractivity contribution in [1.82, 2.24) is 24.5 Å². The molecule has 0 saturated heterocycles. The van der Waals surface area contributed by atoms with E-state index in [1.807, 2.05) is 25.1 Å². The molecule has 0 aliphatic heterocycles. The molecule has 0 spiro atoms. The van der Waals surface area contributed by atoms with Gasteiger partial charge in [0.05, 0.1) is 29.0 Å². The Labute approximate surface area is 126 Å². The second-order valence-electron chi connectivity index (χ2n) is 4.73. The fourth-order valence-electron chi connectivity index (χ4n) is 2.26. The Bertz CT molecular complexity index is 810. The number of nitrogens with zero attached hydrogens (tertiary/aromatic N) is 5. The maximum absolute atomic E-state index is 12.6. The number of rotatable bonds is 4. The van der Waals surface area contributed by atoms with Gasteiger partial charge in [0.1, 0.15) is 5.82 Å². The van der Waals surface area contributed by atoms with Crippen LogP contribution < -0.4 is 5.56 Å². The summed E-state index contributed by atoms with van der Waals surface area (Å²) < 4.78 is 3.28. The van der Waals surface area contributed by atoms with Gasteiger partial charge in [0, 0.05) is 12.7 Å². The third-order valence-electron chi connectivity index (χ3n) is 3.27. The van der Waals surface area contributed by atoms with E-state index < -0.39 is 0 Å². The molecule has 6 nitrogen and oxygen atoms in total. The van der Waals surface area contributed by atoms with E-state index in [0.29, 0.717) is 29.8 Å². The molecular formula is C14H14ClN5O. The maximum Gasteiger partial charge on any atom is 0.261 e. The first-order valence-corrected chi connectivity index (χ1v) is 7.08. The zero-order chi connectivity index (χ0) is 14.8. The van der Waals surface area contributed by atoms with Crippen molar-refractivity contribution in [2.75, 3.05) is 0 Å². The SMILES string of the molecule is CC(Cl)c1nc2ccccc2c(=O)n1CCn1ccnn1. The van der Waals surface area contributed by atoms with Gasteiger partial charge in [-0.2, -0.15) is 0 Å². The Morgan fingerprint density at radius 3 is 2.81 bits per heavy atom. The van der Waals surface area contributed by atoms with E-state index in [2.05, 4.69) is 15.3 Å². The van der Waals surface area contributed by atoms with Crippen molar-refractivity contribution in [1.29, 1.82) is 0 Å². The van der Waals surface area contributed by atoms with Crippen molar-refractivity contribution in [3.63, 3.8) is 0 Å². The minimum absolute atomic E-state index is 0.0804. The zero-order valence-corrected chi connectivity index (χ0v) is 12.2. The smallest absolute Gasteiger partial charge is 0.261 e. The zero-order valence-electron chi connectivity index (χ0n) is 11.5. The second-order valence-corrected chi connectivity index (χ2v) is 5.38. The van der Waals surface area contributed by atoms with E-state index in [0.717, 1.165) is 0 Å². The Balaban J connectivity index is 2.08. The van der Waals surface area contributed by atoms with Crippen LogP contribution in [0.2, 0.25) is 0 Å². The van der Waals surface area contributed by atoms with Crippen LogP contribution in [0.5, 0.6) is 0 Å². The molecule has 0 radical (unpaired) electrons. The molecule has 21 heavy (non-hydrogen) atoms. The van der Waals surface area contributed by atoms with Gasteiger partial charge in [0.2, 0.25) is 0 Å². The molecule has 0 amide bonds. The van der Waals surface area contributed by atoms with Crippen LogP contribution in [0.25, 0.3) is 10.9 Å². The lowest BCUT2D eigenvalue weighted by Crippen LogP contribution is -2.27. The average Bonchev–Trinajstić information content (AvgIpc) is 2.99. The molecule has 0 aliphatic rings. The number of halogens is 1. The van der Waals surface area contributed by atoms with Gasteiger partial charge in [0.15, 0.2) is 0 Å².